The van der Waals surface area contributed by atoms with Gasteiger partial charge in [0, 0.05) is 67.0 Å². The maximum atomic E-state index is 2.42. The van der Waals surface area contributed by atoms with Crippen LogP contribution >= 0.6 is 0 Å². The smallest absolute Gasteiger partial charge is 0.0713 e. The maximum Gasteiger partial charge on any atom is 0.0713 e. The molecule has 4 heteroatoms. The molecule has 0 unspecified atom stereocenters. The zero-order valence-electron chi connectivity index (χ0n) is 48.8. The highest BCUT2D eigenvalue weighted by Crippen LogP contribution is 2.57. The van der Waals surface area contributed by atoms with Crippen LogP contribution in [0.3, 0.4) is 0 Å². The summed E-state index contributed by atoms with van der Waals surface area (Å²) in [5, 5.41) is 4.83. The minimum atomic E-state index is -0.648. The summed E-state index contributed by atoms with van der Waals surface area (Å²) >= 11 is 0. The number of anilines is 6. The summed E-state index contributed by atoms with van der Waals surface area (Å²) in [7, 11) is 0. The number of para-hydroxylation sites is 4. The first kappa shape index (κ1) is 51.7. The number of rotatable bonds is 12. The average Bonchev–Trinajstić information content (AvgIpc) is 1.62. The van der Waals surface area contributed by atoms with Gasteiger partial charge in [0.15, 0.2) is 0 Å². The third-order valence-corrected chi connectivity index (χ3v) is 18.4. The molecule has 0 aliphatic heterocycles. The Kier molecular flexibility index (Phi) is 12.4. The van der Waals surface area contributed by atoms with Gasteiger partial charge in [-0.2, -0.15) is 0 Å². The van der Waals surface area contributed by atoms with Crippen LogP contribution in [0.5, 0.6) is 0 Å². The van der Waals surface area contributed by atoms with Crippen LogP contribution in [0.15, 0.2) is 352 Å². The molecule has 2 aromatic heterocycles. The highest BCUT2D eigenvalue weighted by molar-refractivity contribution is 6.12. The number of benzene rings is 14. The number of hydrogen-bond donors (Lipinski definition) is 0. The third-order valence-electron chi connectivity index (χ3n) is 18.4. The van der Waals surface area contributed by atoms with E-state index < -0.39 is 5.41 Å². The molecule has 2 heterocycles. The Balaban J connectivity index is 0.819. The summed E-state index contributed by atoms with van der Waals surface area (Å²) in [5.74, 6) is 0. The molecule has 0 radical (unpaired) electrons. The minimum Gasteiger partial charge on any atom is -0.310 e. The Labute approximate surface area is 518 Å². The van der Waals surface area contributed by atoms with Gasteiger partial charge in [-0.25, -0.2) is 0 Å². The fraction of sp³-hybridized carbons (Fsp3) is 0.0118. The van der Waals surface area contributed by atoms with E-state index in [2.05, 4.69) is 371 Å². The lowest BCUT2D eigenvalue weighted by Gasteiger charge is -2.35. The summed E-state index contributed by atoms with van der Waals surface area (Å²) in [6, 6.07) is 129. The minimum absolute atomic E-state index is 0.648. The van der Waals surface area contributed by atoms with Crippen LogP contribution in [-0.2, 0) is 5.41 Å². The fourth-order valence-electron chi connectivity index (χ4n) is 14.4. The zero-order chi connectivity index (χ0) is 58.8. The molecule has 16 aromatic rings. The molecule has 0 fully saturated rings. The molecule has 0 spiro atoms. The molecule has 418 valence electrons. The number of hydrogen-bond acceptors (Lipinski definition) is 2. The van der Waals surface area contributed by atoms with Gasteiger partial charge in [-0.05, 0) is 177 Å². The van der Waals surface area contributed by atoms with E-state index in [0.29, 0.717) is 0 Å². The highest BCUT2D eigenvalue weighted by Gasteiger charge is 2.46. The van der Waals surface area contributed by atoms with E-state index in [4.69, 9.17) is 0 Å². The second-order valence-corrected chi connectivity index (χ2v) is 23.2. The first-order chi connectivity index (χ1) is 44.2. The molecular weight excluding hydrogens is 1080 g/mol. The Morgan fingerprint density at radius 3 is 0.899 bits per heavy atom. The molecule has 0 atom stereocenters. The standard InChI is InChI=1S/C85H58N4/c1-5-21-59(22-6-1)61-37-45-67(46-38-61)86(71-53-55-83-77(57-71)75-31-15-19-35-81(75)88(83)65-25-9-3-10-26-65)69-49-41-63(42-50-69)85(79-33-17-13-29-73(79)74-30-14-18-34-80(74)85)64-43-51-70(52-44-64)87(68-47-39-62(40-48-68)60-23-7-2-8-24-60)72-54-56-84-78(58-72)76-32-16-20-36-82(76)89(84)66-27-11-4-12-28-66/h1-58H. The monoisotopic (exact) mass is 1130 g/mol. The van der Waals surface area contributed by atoms with Gasteiger partial charge in [-0.15, -0.1) is 0 Å². The van der Waals surface area contributed by atoms with E-state index in [1.165, 1.54) is 99.2 Å². The Morgan fingerprint density at radius 2 is 0.506 bits per heavy atom. The molecule has 14 aromatic carbocycles. The van der Waals surface area contributed by atoms with Gasteiger partial charge < -0.3 is 18.9 Å². The van der Waals surface area contributed by atoms with Crippen LogP contribution in [0.4, 0.5) is 34.1 Å². The summed E-state index contributed by atoms with van der Waals surface area (Å²) in [4.78, 5) is 4.84. The Hall–Kier alpha value is -11.7. The number of nitrogens with zero attached hydrogens (tertiary/aromatic N) is 4. The molecule has 17 rings (SSSR count). The zero-order valence-corrected chi connectivity index (χ0v) is 48.8. The fourth-order valence-corrected chi connectivity index (χ4v) is 14.4. The molecule has 1 aliphatic rings. The second kappa shape index (κ2) is 21.4. The highest BCUT2D eigenvalue weighted by atomic mass is 15.1. The molecule has 0 amide bonds. The molecule has 0 N–H and O–H groups in total. The molecule has 1 aliphatic carbocycles. The Morgan fingerprint density at radius 1 is 0.213 bits per heavy atom. The van der Waals surface area contributed by atoms with Crippen molar-refractivity contribution in [1.82, 2.24) is 9.13 Å². The summed E-state index contributed by atoms with van der Waals surface area (Å²) in [6.45, 7) is 0. The average molecular weight is 1140 g/mol. The topological polar surface area (TPSA) is 16.3 Å². The van der Waals surface area contributed by atoms with Crippen molar-refractivity contribution in [1.29, 1.82) is 0 Å². The number of aromatic nitrogens is 2. The lowest BCUT2D eigenvalue weighted by atomic mass is 9.67. The molecular formula is C85H58N4. The first-order valence-corrected chi connectivity index (χ1v) is 30.6. The lowest BCUT2D eigenvalue weighted by molar-refractivity contribution is 0.768. The van der Waals surface area contributed by atoms with Crippen molar-refractivity contribution >= 4 is 77.7 Å². The lowest BCUT2D eigenvalue weighted by Crippen LogP contribution is -2.28. The van der Waals surface area contributed by atoms with Crippen LogP contribution in [-0.4, -0.2) is 9.13 Å². The van der Waals surface area contributed by atoms with Crippen molar-refractivity contribution in [3.05, 3.63) is 374 Å². The van der Waals surface area contributed by atoms with E-state index in [1.54, 1.807) is 0 Å². The van der Waals surface area contributed by atoms with Gasteiger partial charge in [-0.3, -0.25) is 0 Å². The largest absolute Gasteiger partial charge is 0.310 e. The van der Waals surface area contributed by atoms with Crippen LogP contribution < -0.4 is 9.80 Å². The van der Waals surface area contributed by atoms with Crippen molar-refractivity contribution in [2.75, 3.05) is 9.80 Å². The Bertz CT molecular complexity index is 4930. The third kappa shape index (κ3) is 8.52. The van der Waals surface area contributed by atoms with Gasteiger partial charge in [0.05, 0.1) is 27.5 Å². The predicted molar refractivity (Wildman–Crippen MR) is 373 cm³/mol. The molecule has 0 bridgehead atoms. The normalized spacial score (nSPS) is 12.4. The molecule has 0 saturated heterocycles. The van der Waals surface area contributed by atoms with Crippen LogP contribution in [0.1, 0.15) is 22.3 Å². The van der Waals surface area contributed by atoms with Gasteiger partial charge in [-0.1, -0.05) is 231 Å². The van der Waals surface area contributed by atoms with Gasteiger partial charge in [0.2, 0.25) is 0 Å². The summed E-state index contributed by atoms with van der Waals surface area (Å²) < 4.78 is 4.77. The summed E-state index contributed by atoms with van der Waals surface area (Å²) in [6.07, 6.45) is 0. The van der Waals surface area contributed by atoms with Crippen LogP contribution in [0.2, 0.25) is 0 Å². The summed E-state index contributed by atoms with van der Waals surface area (Å²) in [5.41, 5.74) is 24.9. The maximum absolute atomic E-state index is 2.42. The van der Waals surface area contributed by atoms with Crippen LogP contribution in [0.25, 0.3) is 88.4 Å². The molecule has 4 nitrogen and oxygen atoms in total. The van der Waals surface area contributed by atoms with Crippen molar-refractivity contribution < 1.29 is 0 Å². The first-order valence-electron chi connectivity index (χ1n) is 30.6. The van der Waals surface area contributed by atoms with E-state index >= 15 is 0 Å². The second-order valence-electron chi connectivity index (χ2n) is 23.2. The van der Waals surface area contributed by atoms with E-state index in [9.17, 15) is 0 Å². The van der Waals surface area contributed by atoms with Crippen molar-refractivity contribution in [3.63, 3.8) is 0 Å². The van der Waals surface area contributed by atoms with Gasteiger partial charge in [0.1, 0.15) is 0 Å². The van der Waals surface area contributed by atoms with E-state index in [0.717, 1.165) is 45.5 Å². The van der Waals surface area contributed by atoms with Crippen LogP contribution in [0, 0.1) is 0 Å². The van der Waals surface area contributed by atoms with Gasteiger partial charge >= 0.3 is 0 Å². The molecule has 0 saturated carbocycles. The molecule has 89 heavy (non-hydrogen) atoms. The van der Waals surface area contributed by atoms with Gasteiger partial charge in [0.25, 0.3) is 0 Å². The number of fused-ring (bicyclic) bond motifs is 9. The van der Waals surface area contributed by atoms with Crippen molar-refractivity contribution in [2.24, 2.45) is 0 Å². The quantitative estimate of drug-likeness (QED) is 0.121. The van der Waals surface area contributed by atoms with Crippen molar-refractivity contribution in [2.45, 2.75) is 5.41 Å². The predicted octanol–water partition coefficient (Wildman–Crippen LogP) is 22.5. The van der Waals surface area contributed by atoms with E-state index in [-0.39, 0.29) is 0 Å². The van der Waals surface area contributed by atoms with E-state index in [1.807, 2.05) is 0 Å². The SMILES string of the molecule is c1ccc(-c2ccc(N(c3ccc(C4(c5ccc(N(c6ccc(-c7ccccc7)cc6)c6ccc7c(c6)c6ccccc6n7-c6ccccc6)cc5)c5ccccc5-c5ccccc54)cc3)c3ccc4c(c3)c3ccccc3n4-c3ccccc3)cc2)cc1. The van der Waals surface area contributed by atoms with Crippen molar-refractivity contribution in [3.8, 4) is 44.8 Å².